The fourth-order valence-corrected chi connectivity index (χ4v) is 4.52. The molecule has 3 heterocycles. The van der Waals surface area contributed by atoms with Gasteiger partial charge in [0.15, 0.2) is 5.82 Å². The Morgan fingerprint density at radius 1 is 1.18 bits per heavy atom. The van der Waals surface area contributed by atoms with Gasteiger partial charge in [0.25, 0.3) is 0 Å². The van der Waals surface area contributed by atoms with Crippen molar-refractivity contribution in [3.05, 3.63) is 35.2 Å². The molecule has 2 atom stereocenters. The van der Waals surface area contributed by atoms with Gasteiger partial charge >= 0.3 is 0 Å². The molecule has 2 aliphatic heterocycles. The van der Waals surface area contributed by atoms with Crippen LogP contribution < -0.4 is 4.90 Å². The predicted molar refractivity (Wildman–Crippen MR) is 110 cm³/mol. The molecule has 2 aromatic rings. The van der Waals surface area contributed by atoms with E-state index in [-0.39, 0.29) is 12.1 Å². The summed E-state index contributed by atoms with van der Waals surface area (Å²) in [6.07, 6.45) is 3.50. The van der Waals surface area contributed by atoms with Crippen LogP contribution in [-0.4, -0.2) is 64.0 Å². The van der Waals surface area contributed by atoms with Crippen molar-refractivity contribution in [2.45, 2.75) is 58.7 Å². The highest BCUT2D eigenvalue weighted by Crippen LogP contribution is 2.28. The Bertz CT molecular complexity index is 777. The Morgan fingerprint density at radius 2 is 2.00 bits per heavy atom. The second-order valence-corrected chi connectivity index (χ2v) is 8.02. The summed E-state index contributed by atoms with van der Waals surface area (Å²) in [5.74, 6) is 0.984. The number of hydrogen-bond acceptors (Lipinski definition) is 6. The third-order valence-electron chi connectivity index (χ3n) is 6.32. The maximum Gasteiger partial charge on any atom is 0.168 e. The van der Waals surface area contributed by atoms with Crippen LogP contribution in [-0.2, 0) is 11.3 Å². The average molecular weight is 385 g/mol. The first-order chi connectivity index (χ1) is 13.7. The first-order valence-electron chi connectivity index (χ1n) is 10.6. The van der Waals surface area contributed by atoms with Gasteiger partial charge in [0, 0.05) is 38.5 Å². The number of anilines is 1. The minimum Gasteiger partial charge on any atom is -0.376 e. The van der Waals surface area contributed by atoms with E-state index in [0.29, 0.717) is 0 Å². The summed E-state index contributed by atoms with van der Waals surface area (Å²) in [6.45, 7) is 12.4. The summed E-state index contributed by atoms with van der Waals surface area (Å²) in [6, 6.07) is 6.86. The lowest BCUT2D eigenvalue weighted by molar-refractivity contribution is 0.0894. The molecule has 0 unspecified atom stereocenters. The number of piperazine rings is 1. The van der Waals surface area contributed by atoms with Crippen LogP contribution in [0, 0.1) is 13.8 Å². The molecule has 1 aromatic heterocycles. The molecule has 0 N–H and O–H groups in total. The Morgan fingerprint density at radius 3 is 2.71 bits per heavy atom. The van der Waals surface area contributed by atoms with Gasteiger partial charge in [-0.05, 0) is 60.7 Å². The Labute approximate surface area is 167 Å². The Hall–Kier alpha value is -1.99. The van der Waals surface area contributed by atoms with Gasteiger partial charge in [-0.2, -0.15) is 0 Å². The van der Waals surface area contributed by atoms with Crippen LogP contribution in [0.3, 0.4) is 0 Å². The van der Waals surface area contributed by atoms with Gasteiger partial charge < -0.3 is 9.64 Å². The van der Waals surface area contributed by atoms with Crippen LogP contribution in [0.15, 0.2) is 18.2 Å². The molecule has 2 fully saturated rings. The number of hydrogen-bond donors (Lipinski definition) is 0. The fourth-order valence-electron chi connectivity index (χ4n) is 4.52. The van der Waals surface area contributed by atoms with E-state index in [1.54, 1.807) is 0 Å². The van der Waals surface area contributed by atoms with Crippen LogP contribution in [0.25, 0.3) is 0 Å². The number of aryl methyl sites for hydroxylation is 1. The molecule has 0 bridgehead atoms. The van der Waals surface area contributed by atoms with Gasteiger partial charge in [0.05, 0.1) is 18.7 Å². The lowest BCUT2D eigenvalue weighted by atomic mass is 10.1. The van der Waals surface area contributed by atoms with Crippen molar-refractivity contribution in [1.82, 2.24) is 25.1 Å². The number of ether oxygens (including phenoxy) is 1. The Balaban J connectivity index is 1.43. The molecule has 0 amide bonds. The van der Waals surface area contributed by atoms with Crippen molar-refractivity contribution >= 4 is 5.69 Å². The molecular formula is C21H32N6O. The smallest absolute Gasteiger partial charge is 0.168 e. The molecule has 0 spiro atoms. The van der Waals surface area contributed by atoms with E-state index in [0.717, 1.165) is 64.4 Å². The molecule has 7 heteroatoms. The molecular weight excluding hydrogens is 352 g/mol. The average Bonchev–Trinajstić information content (AvgIpc) is 3.38. The monoisotopic (exact) mass is 384 g/mol. The summed E-state index contributed by atoms with van der Waals surface area (Å²) in [5.41, 5.74) is 4.12. The highest BCUT2D eigenvalue weighted by Gasteiger charge is 2.29. The van der Waals surface area contributed by atoms with E-state index in [1.807, 2.05) is 4.68 Å². The van der Waals surface area contributed by atoms with Gasteiger partial charge in [0.2, 0.25) is 0 Å². The number of rotatable bonds is 6. The molecule has 0 saturated carbocycles. The van der Waals surface area contributed by atoms with E-state index in [2.05, 4.69) is 64.3 Å². The fraction of sp³-hybridized carbons (Fsp3) is 0.667. The number of benzene rings is 1. The van der Waals surface area contributed by atoms with Crippen molar-refractivity contribution < 1.29 is 4.74 Å². The van der Waals surface area contributed by atoms with Crippen molar-refractivity contribution in [2.75, 3.05) is 37.7 Å². The highest BCUT2D eigenvalue weighted by atomic mass is 16.5. The van der Waals surface area contributed by atoms with Crippen LogP contribution in [0.4, 0.5) is 5.69 Å². The van der Waals surface area contributed by atoms with E-state index >= 15 is 0 Å². The number of tetrazole rings is 1. The zero-order valence-corrected chi connectivity index (χ0v) is 17.3. The molecule has 7 nitrogen and oxygen atoms in total. The van der Waals surface area contributed by atoms with Gasteiger partial charge in [-0.1, -0.05) is 19.1 Å². The second-order valence-electron chi connectivity index (χ2n) is 8.02. The topological polar surface area (TPSA) is 59.3 Å². The van der Waals surface area contributed by atoms with Gasteiger partial charge in [-0.25, -0.2) is 4.68 Å². The molecule has 2 saturated heterocycles. The summed E-state index contributed by atoms with van der Waals surface area (Å²) in [5, 5.41) is 12.6. The van der Waals surface area contributed by atoms with E-state index < -0.39 is 0 Å². The molecule has 0 radical (unpaired) electrons. The van der Waals surface area contributed by atoms with Gasteiger partial charge in [-0.3, -0.25) is 4.90 Å². The maximum absolute atomic E-state index is 5.79. The molecule has 28 heavy (non-hydrogen) atoms. The lowest BCUT2D eigenvalue weighted by Crippen LogP contribution is -2.48. The largest absolute Gasteiger partial charge is 0.376 e. The van der Waals surface area contributed by atoms with Crippen molar-refractivity contribution in [1.29, 1.82) is 0 Å². The van der Waals surface area contributed by atoms with Crippen LogP contribution in [0.5, 0.6) is 0 Å². The normalized spacial score (nSPS) is 22.0. The second kappa shape index (κ2) is 8.57. The molecule has 4 rings (SSSR count). The van der Waals surface area contributed by atoms with Crippen LogP contribution in [0.2, 0.25) is 0 Å². The third-order valence-corrected chi connectivity index (χ3v) is 6.32. The number of nitrogens with zero attached hydrogens (tertiary/aromatic N) is 6. The molecule has 2 aliphatic rings. The van der Waals surface area contributed by atoms with Crippen molar-refractivity contribution in [2.24, 2.45) is 0 Å². The molecule has 0 aliphatic carbocycles. The molecule has 152 valence electrons. The Kier molecular flexibility index (Phi) is 5.92. The van der Waals surface area contributed by atoms with Crippen molar-refractivity contribution in [3.8, 4) is 0 Å². The number of aromatic nitrogens is 4. The van der Waals surface area contributed by atoms with Crippen molar-refractivity contribution in [3.63, 3.8) is 0 Å². The standard InChI is InChI=1S/C21H32N6O/c1-4-19(21-22-23-24-27(21)15-18-8-6-14-28-18)25-10-12-26(13-11-25)20-9-5-7-16(2)17(20)3/h5,7,9,18-19H,4,6,8,10-15H2,1-3H3/t18-,19-/m1/s1. The molecule has 1 aromatic carbocycles. The third kappa shape index (κ3) is 3.91. The van der Waals surface area contributed by atoms with E-state index in [1.165, 1.54) is 16.8 Å². The van der Waals surface area contributed by atoms with Gasteiger partial charge in [0.1, 0.15) is 0 Å². The van der Waals surface area contributed by atoms with E-state index in [9.17, 15) is 0 Å². The van der Waals surface area contributed by atoms with Crippen LogP contribution >= 0.6 is 0 Å². The highest BCUT2D eigenvalue weighted by molar-refractivity contribution is 5.56. The summed E-state index contributed by atoms with van der Waals surface area (Å²) in [4.78, 5) is 5.06. The summed E-state index contributed by atoms with van der Waals surface area (Å²) in [7, 11) is 0. The lowest BCUT2D eigenvalue weighted by Gasteiger charge is -2.40. The van der Waals surface area contributed by atoms with Gasteiger partial charge in [-0.15, -0.1) is 5.10 Å². The first kappa shape index (κ1) is 19.3. The SMILES string of the molecule is CC[C@H](c1nnnn1C[C@H]1CCCO1)N1CCN(c2cccc(C)c2C)CC1. The first-order valence-corrected chi connectivity index (χ1v) is 10.6. The minimum atomic E-state index is 0.251. The minimum absolute atomic E-state index is 0.251. The van der Waals surface area contributed by atoms with Crippen LogP contribution in [0.1, 0.15) is 49.2 Å². The summed E-state index contributed by atoms with van der Waals surface area (Å²) >= 11 is 0. The predicted octanol–water partition coefficient (Wildman–Crippen LogP) is 2.74. The maximum atomic E-state index is 5.79. The quantitative estimate of drug-likeness (QED) is 0.763. The zero-order valence-electron chi connectivity index (χ0n) is 17.3. The summed E-state index contributed by atoms with van der Waals surface area (Å²) < 4.78 is 7.76. The van der Waals surface area contributed by atoms with E-state index in [4.69, 9.17) is 4.74 Å². The zero-order chi connectivity index (χ0) is 19.5.